The van der Waals surface area contributed by atoms with Gasteiger partial charge in [-0.2, -0.15) is 63.1 Å². The number of esters is 4. The Morgan fingerprint density at radius 3 is 1.01 bits per heavy atom. The van der Waals surface area contributed by atoms with Crippen LogP contribution in [-0.2, 0) is 47.7 Å². The summed E-state index contributed by atoms with van der Waals surface area (Å²) in [7, 11) is 1.18. The average molecular weight is 1480 g/mol. The van der Waals surface area contributed by atoms with Crippen LogP contribution in [0.4, 0.5) is 0 Å². The van der Waals surface area contributed by atoms with Crippen LogP contribution in [-0.4, -0.2) is 293 Å². The number of aliphatic hydroxyl groups is 2. The lowest BCUT2D eigenvalue weighted by Gasteiger charge is -2.34. The predicted molar refractivity (Wildman–Crippen MR) is 388 cm³/mol. The van der Waals surface area contributed by atoms with Crippen LogP contribution in [0.1, 0.15) is 19.3 Å². The zero-order valence-electron chi connectivity index (χ0n) is 45.4. The molecule has 0 aliphatic carbocycles. The summed E-state index contributed by atoms with van der Waals surface area (Å²) in [4.78, 5) is 93.6. The van der Waals surface area contributed by atoms with E-state index in [4.69, 9.17) is 129 Å². The Morgan fingerprint density at radius 2 is 0.707 bits per heavy atom. The maximum Gasteiger partial charge on any atom is 0.329 e. The van der Waals surface area contributed by atoms with Crippen LogP contribution in [0.25, 0.3) is 0 Å². The number of rotatable bonds is 37. The van der Waals surface area contributed by atoms with Crippen molar-refractivity contribution in [2.75, 3.05) is 153 Å². The third-order valence-electron chi connectivity index (χ3n) is 11.3. The number of aliphatic hydroxyl groups excluding tert-OH is 2. The lowest BCUT2D eigenvalue weighted by atomic mass is 10.1. The molecule has 0 aromatic carbocycles. The van der Waals surface area contributed by atoms with Crippen LogP contribution in [0.5, 0.6) is 0 Å². The number of carbonyl (C=O) groups is 6. The molecular weight excluding hydrogens is 1410 g/mol. The van der Waals surface area contributed by atoms with Gasteiger partial charge in [0.05, 0.1) is 51.3 Å². The molecule has 2 N–H and O–H groups in total. The molecule has 0 aromatic heterocycles. The minimum atomic E-state index is -1.27. The fourth-order valence-corrected chi connectivity index (χ4v) is 11.8. The predicted octanol–water partition coefficient (Wildman–Crippen LogP) is 4.18. The second-order valence-corrected chi connectivity index (χ2v) is 25.8. The van der Waals surface area contributed by atoms with Gasteiger partial charge >= 0.3 is 23.9 Å². The molecule has 0 radical (unpaired) electrons. The second-order valence-electron chi connectivity index (χ2n) is 16.1. The van der Waals surface area contributed by atoms with Gasteiger partial charge in [-0.25, -0.2) is 4.79 Å². The number of thiol groups is 5. The van der Waals surface area contributed by atoms with Crippen LogP contribution in [0.15, 0.2) is 0 Å². The quantitative estimate of drug-likeness (QED) is 0.0202. The van der Waals surface area contributed by atoms with E-state index in [-0.39, 0.29) is 117 Å². The molecule has 0 heterocycles. The van der Waals surface area contributed by atoms with Gasteiger partial charge in [0.1, 0.15) is 68.4 Å². The van der Waals surface area contributed by atoms with Crippen LogP contribution in [0.2, 0.25) is 0 Å². The average Bonchev–Trinajstić information content (AvgIpc) is 3.56. The first-order chi connectivity index (χ1) is 38.9. The molecule has 0 saturated carbocycles. The van der Waals surface area contributed by atoms with Gasteiger partial charge in [-0.05, 0) is 25.0 Å². The van der Waals surface area contributed by atoms with Crippen molar-refractivity contribution in [3.8, 4) is 0 Å². The summed E-state index contributed by atoms with van der Waals surface area (Å²) in [5.41, 5.74) is 0. The summed E-state index contributed by atoms with van der Waals surface area (Å²) >= 11 is 76.1. The summed E-state index contributed by atoms with van der Waals surface area (Å²) in [5.74, 6) is -3.83. The molecule has 0 spiro atoms. The highest BCUT2D eigenvalue weighted by molar-refractivity contribution is 8.25. The van der Waals surface area contributed by atoms with Crippen molar-refractivity contribution in [2.24, 2.45) is 0 Å². The Hall–Kier alpha value is -0.140. The molecular formula is C45H69N7O12S18. The zero-order chi connectivity index (χ0) is 62.6. The summed E-state index contributed by atoms with van der Waals surface area (Å²) in [6.45, 7) is -1.99. The highest BCUT2D eigenvalue weighted by Gasteiger charge is 2.35. The first-order valence-electron chi connectivity index (χ1n) is 24.1. The van der Waals surface area contributed by atoms with E-state index in [1.165, 1.54) is 52.2 Å². The van der Waals surface area contributed by atoms with Crippen molar-refractivity contribution in [3.63, 3.8) is 0 Å². The molecule has 37 heteroatoms. The molecule has 19 nitrogen and oxygen atoms in total. The fourth-order valence-electron chi connectivity index (χ4n) is 7.06. The van der Waals surface area contributed by atoms with Crippen molar-refractivity contribution in [1.82, 2.24) is 34.3 Å². The maximum atomic E-state index is 13.6. The Bertz CT molecular complexity index is 1960. The van der Waals surface area contributed by atoms with Gasteiger partial charge in [0.15, 0.2) is 11.6 Å². The van der Waals surface area contributed by atoms with E-state index in [0.717, 1.165) is 11.8 Å². The summed E-state index contributed by atoms with van der Waals surface area (Å²) in [5, 5.41) is 20.0. The highest BCUT2D eigenvalue weighted by Crippen LogP contribution is 2.20. The molecule has 0 fully saturated rings. The van der Waals surface area contributed by atoms with Gasteiger partial charge in [-0.3, -0.25) is 28.9 Å². The molecule has 3 unspecified atom stereocenters. The van der Waals surface area contributed by atoms with Crippen LogP contribution >= 0.6 is 220 Å². The first kappa shape index (κ1) is 81.9. The van der Waals surface area contributed by atoms with Gasteiger partial charge in [-0.15, -0.1) is 23.5 Å². The molecule has 3 atom stereocenters. The smallest absolute Gasteiger partial charge is 0.329 e. The summed E-state index contributed by atoms with van der Waals surface area (Å²) in [6.07, 6.45) is 5.52. The van der Waals surface area contributed by atoms with Crippen molar-refractivity contribution < 1.29 is 57.9 Å². The molecule has 0 aliphatic heterocycles. The Morgan fingerprint density at radius 1 is 0.415 bits per heavy atom. The Labute approximate surface area is 574 Å². The molecule has 0 bridgehead atoms. The largest absolute Gasteiger partial charge is 0.467 e. The number of hydrogen-bond acceptors (Lipinski definition) is 31. The van der Waals surface area contributed by atoms with E-state index in [2.05, 4.69) is 63.1 Å². The maximum absolute atomic E-state index is 13.6. The number of hydrogen-bond donors (Lipinski definition) is 7. The van der Waals surface area contributed by atoms with Crippen LogP contribution in [0.3, 0.4) is 0 Å². The number of thioether (sulfide) groups is 4. The molecule has 0 aliphatic rings. The van der Waals surface area contributed by atoms with E-state index in [1.54, 1.807) is 37.0 Å². The monoisotopic (exact) mass is 1470 g/mol. The zero-order valence-corrected chi connectivity index (χ0v) is 60.5. The lowest BCUT2D eigenvalue weighted by Crippen LogP contribution is -2.51. The second kappa shape index (κ2) is 46.9. The lowest BCUT2D eigenvalue weighted by molar-refractivity contribution is -0.153. The standard InChI is InChI=1S/C45H69N7O12S18/c1-61-41(60)30(49(43(76)80-3)8-11-52(44(77)81-4)45(78)82-5)20-40(59)64-17-14-46(12-15-62-38(57)18-28(31(55)21-53)47(33(70)23-65)6-9-50(34(71)24-66)35(72)25-67)13-16-63-39(58)19-29(32(56)22-54)48(42(75)79-2)7-10-51(36(73)26-68)37(74)27-69/h28-30,53-54,65-69H,6-27H2,1-5H3. The number of Topliss-reactive ketones (excluding diaryl/α,β-unsaturated/α-hetero) is 2. The molecule has 0 amide bonds. The number of nitrogens with zero attached hydrogens (tertiary/aromatic N) is 7. The van der Waals surface area contributed by atoms with Crippen molar-refractivity contribution in [1.29, 1.82) is 0 Å². The molecule has 82 heavy (non-hydrogen) atoms. The third-order valence-corrected chi connectivity index (χ3v) is 20.9. The minimum absolute atomic E-state index is 0.0164. The van der Waals surface area contributed by atoms with Gasteiger partial charge in [-0.1, -0.05) is 133 Å². The molecule has 464 valence electrons. The van der Waals surface area contributed by atoms with E-state index in [9.17, 15) is 39.0 Å². The number of methoxy groups -OCH3 is 1. The third kappa shape index (κ3) is 29.9. The molecule has 0 rings (SSSR count). The molecule has 0 aromatic rings. The van der Waals surface area contributed by atoms with Crippen LogP contribution in [0, 0.1) is 0 Å². The number of ketones is 2. The Balaban J connectivity index is 6.79. The van der Waals surface area contributed by atoms with E-state index in [0.29, 0.717) is 32.9 Å². The highest BCUT2D eigenvalue weighted by atomic mass is 32.2. The van der Waals surface area contributed by atoms with E-state index in [1.807, 2.05) is 12.5 Å². The number of carbonyl (C=O) groups excluding carboxylic acids is 6. The first-order valence-corrected chi connectivity index (χ1v) is 35.8. The van der Waals surface area contributed by atoms with E-state index >= 15 is 0 Å². The van der Waals surface area contributed by atoms with Gasteiger partial charge in [0, 0.05) is 87.7 Å². The van der Waals surface area contributed by atoms with Crippen molar-refractivity contribution >= 4 is 298 Å². The summed E-state index contributed by atoms with van der Waals surface area (Å²) in [6, 6.07) is -3.71. The fraction of sp³-hybridized carbons (Fsp3) is 0.667. The van der Waals surface area contributed by atoms with Gasteiger partial charge in [0.2, 0.25) is 0 Å². The van der Waals surface area contributed by atoms with Crippen LogP contribution < -0.4 is 0 Å². The normalized spacial score (nSPS) is 11.9. The number of ether oxygens (including phenoxy) is 4. The van der Waals surface area contributed by atoms with Crippen molar-refractivity contribution in [2.45, 2.75) is 37.4 Å². The van der Waals surface area contributed by atoms with Gasteiger partial charge in [0.25, 0.3) is 0 Å². The Kier molecular flexibility index (Phi) is 46.8. The van der Waals surface area contributed by atoms with E-state index < -0.39 is 86.0 Å². The SMILES string of the molecule is COC(=O)C(CC(=O)OCCN(CCOC(=O)CC(C(=O)CO)N(CCN(C(=S)CS)C(=S)CS)C(=S)CS)CCOC(=O)CC(C(=O)CO)N(CCN(C(=S)CS)C(=S)CS)C(=S)SC)N(CCN(C(=S)SC)C(=S)SC)C(=S)SC. The topological polar surface area (TPSA) is 202 Å². The van der Waals surface area contributed by atoms with Gasteiger partial charge < -0.3 is 58.6 Å². The minimum Gasteiger partial charge on any atom is -0.467 e. The summed E-state index contributed by atoms with van der Waals surface area (Å²) < 4.78 is 23.6. The molecule has 0 saturated heterocycles. The van der Waals surface area contributed by atoms with Crippen molar-refractivity contribution in [3.05, 3.63) is 0 Å². The number of thiocarbonyl (C=S) groups is 9.